The lowest BCUT2D eigenvalue weighted by Crippen LogP contribution is -2.12. The normalized spacial score (nSPS) is 11.3. The molecule has 0 amide bonds. The molecule has 0 saturated heterocycles. The van der Waals surface area contributed by atoms with Crippen LogP contribution in [0, 0.1) is 0 Å². The van der Waals surface area contributed by atoms with Crippen LogP contribution in [0.2, 0.25) is 0 Å². The van der Waals surface area contributed by atoms with E-state index in [-0.39, 0.29) is 18.1 Å². The van der Waals surface area contributed by atoms with Gasteiger partial charge < -0.3 is 9.84 Å². The van der Waals surface area contributed by atoms with E-state index in [0.29, 0.717) is 5.75 Å². The fourth-order valence-corrected chi connectivity index (χ4v) is 1.45. The zero-order valence-electron chi connectivity index (χ0n) is 7.38. The molecule has 0 spiro atoms. The van der Waals surface area contributed by atoms with Gasteiger partial charge in [-0.2, -0.15) is 0 Å². The quantitative estimate of drug-likeness (QED) is 0.725. The van der Waals surface area contributed by atoms with Crippen LogP contribution in [0.15, 0.2) is 29.2 Å². The van der Waals surface area contributed by atoms with E-state index in [2.05, 4.69) is 0 Å². The largest absolute Gasteiger partial charge is 0.491 e. The summed E-state index contributed by atoms with van der Waals surface area (Å²) in [6, 6.07) is 5.79. The Balaban J connectivity index is 2.90. The standard InChI is InChI=1S/C8H11NO4S/c9-14(11,12)8-3-1-2-7(6-8)13-5-4-10/h1-3,6,10H,4-5H2,(H2,9,11,12). The molecule has 0 aliphatic rings. The highest BCUT2D eigenvalue weighted by atomic mass is 32.2. The number of benzene rings is 1. The van der Waals surface area contributed by atoms with E-state index in [1.807, 2.05) is 0 Å². The van der Waals surface area contributed by atoms with E-state index in [4.69, 9.17) is 15.0 Å². The second-order valence-electron chi connectivity index (χ2n) is 2.59. The number of primary sulfonamides is 1. The van der Waals surface area contributed by atoms with Gasteiger partial charge in [0, 0.05) is 6.07 Å². The summed E-state index contributed by atoms with van der Waals surface area (Å²) < 4.78 is 26.9. The Labute approximate surface area is 82.2 Å². The highest BCUT2D eigenvalue weighted by Gasteiger charge is 2.07. The van der Waals surface area contributed by atoms with Crippen LogP contribution in [-0.2, 0) is 10.0 Å². The van der Waals surface area contributed by atoms with Crippen molar-refractivity contribution in [1.29, 1.82) is 0 Å². The van der Waals surface area contributed by atoms with Crippen LogP contribution in [0.4, 0.5) is 0 Å². The summed E-state index contributed by atoms with van der Waals surface area (Å²) in [6.45, 7) is -0.00627. The molecule has 0 atom stereocenters. The number of aliphatic hydroxyl groups is 1. The molecule has 5 nitrogen and oxygen atoms in total. The Morgan fingerprint density at radius 3 is 2.71 bits per heavy atom. The molecule has 1 aromatic carbocycles. The van der Waals surface area contributed by atoms with Gasteiger partial charge in [-0.1, -0.05) is 6.07 Å². The van der Waals surface area contributed by atoms with Gasteiger partial charge in [-0.05, 0) is 12.1 Å². The van der Waals surface area contributed by atoms with Gasteiger partial charge >= 0.3 is 0 Å². The number of hydrogen-bond donors (Lipinski definition) is 2. The van der Waals surface area contributed by atoms with Gasteiger partial charge in [0.15, 0.2) is 0 Å². The minimum absolute atomic E-state index is 0.00654. The number of hydrogen-bond acceptors (Lipinski definition) is 4. The Bertz CT molecular complexity index is 402. The van der Waals surface area contributed by atoms with E-state index in [1.165, 1.54) is 18.2 Å². The number of sulfonamides is 1. The highest BCUT2D eigenvalue weighted by Crippen LogP contribution is 2.15. The van der Waals surface area contributed by atoms with Crippen molar-refractivity contribution in [3.8, 4) is 5.75 Å². The molecule has 1 aromatic rings. The predicted octanol–water partition coefficient (Wildman–Crippen LogP) is -0.295. The average molecular weight is 217 g/mol. The maximum absolute atomic E-state index is 10.9. The first kappa shape index (κ1) is 11.0. The van der Waals surface area contributed by atoms with Crippen molar-refractivity contribution < 1.29 is 18.3 Å². The van der Waals surface area contributed by atoms with Crippen LogP contribution in [0.1, 0.15) is 0 Å². The number of ether oxygens (including phenoxy) is 1. The molecule has 78 valence electrons. The van der Waals surface area contributed by atoms with E-state index < -0.39 is 10.0 Å². The van der Waals surface area contributed by atoms with E-state index in [1.54, 1.807) is 6.07 Å². The van der Waals surface area contributed by atoms with Crippen molar-refractivity contribution in [3.05, 3.63) is 24.3 Å². The highest BCUT2D eigenvalue weighted by molar-refractivity contribution is 7.89. The monoisotopic (exact) mass is 217 g/mol. The molecule has 1 rings (SSSR count). The molecule has 0 unspecified atom stereocenters. The first-order chi connectivity index (χ1) is 6.54. The van der Waals surface area contributed by atoms with E-state index in [0.717, 1.165) is 0 Å². The molecule has 14 heavy (non-hydrogen) atoms. The summed E-state index contributed by atoms with van der Waals surface area (Å²) in [5.74, 6) is 0.366. The second-order valence-corrected chi connectivity index (χ2v) is 4.15. The second kappa shape index (κ2) is 4.41. The summed E-state index contributed by atoms with van der Waals surface area (Å²) >= 11 is 0. The average Bonchev–Trinajstić information content (AvgIpc) is 2.14. The molecule has 0 aromatic heterocycles. The molecule has 0 aliphatic carbocycles. The zero-order valence-corrected chi connectivity index (χ0v) is 8.20. The number of rotatable bonds is 4. The third-order valence-corrected chi connectivity index (χ3v) is 2.41. The molecule has 0 aliphatic heterocycles. The SMILES string of the molecule is NS(=O)(=O)c1cccc(OCCO)c1. The molecule has 6 heteroatoms. The van der Waals surface area contributed by atoms with Crippen molar-refractivity contribution in [3.63, 3.8) is 0 Å². The van der Waals surface area contributed by atoms with Gasteiger partial charge in [-0.25, -0.2) is 13.6 Å². The van der Waals surface area contributed by atoms with Crippen molar-refractivity contribution in [1.82, 2.24) is 0 Å². The molecular weight excluding hydrogens is 206 g/mol. The van der Waals surface area contributed by atoms with Gasteiger partial charge in [0.2, 0.25) is 10.0 Å². The number of aliphatic hydroxyl groups excluding tert-OH is 1. The lowest BCUT2D eigenvalue weighted by molar-refractivity contribution is 0.201. The van der Waals surface area contributed by atoms with Crippen molar-refractivity contribution in [2.75, 3.05) is 13.2 Å². The lowest BCUT2D eigenvalue weighted by Gasteiger charge is -2.04. The van der Waals surface area contributed by atoms with Crippen LogP contribution < -0.4 is 9.88 Å². The molecule has 0 bridgehead atoms. The van der Waals surface area contributed by atoms with Gasteiger partial charge in [-0.15, -0.1) is 0 Å². The van der Waals surface area contributed by atoms with Crippen molar-refractivity contribution in [2.24, 2.45) is 5.14 Å². The summed E-state index contributed by atoms with van der Waals surface area (Å²) in [4.78, 5) is -0.00654. The van der Waals surface area contributed by atoms with Crippen LogP contribution in [0.25, 0.3) is 0 Å². The number of nitrogens with two attached hydrogens (primary N) is 1. The smallest absolute Gasteiger partial charge is 0.238 e. The third-order valence-electron chi connectivity index (χ3n) is 1.49. The fourth-order valence-electron chi connectivity index (χ4n) is 0.904. The third kappa shape index (κ3) is 2.99. The summed E-state index contributed by atoms with van der Waals surface area (Å²) in [5, 5.41) is 13.4. The van der Waals surface area contributed by atoms with Crippen LogP contribution in [0.5, 0.6) is 5.75 Å². The van der Waals surface area contributed by atoms with Crippen molar-refractivity contribution >= 4 is 10.0 Å². The summed E-state index contributed by atoms with van der Waals surface area (Å²) in [7, 11) is -3.69. The summed E-state index contributed by atoms with van der Waals surface area (Å²) in [6.07, 6.45) is 0. The maximum Gasteiger partial charge on any atom is 0.238 e. The minimum atomic E-state index is -3.69. The molecule has 0 radical (unpaired) electrons. The Kier molecular flexibility index (Phi) is 3.45. The van der Waals surface area contributed by atoms with E-state index >= 15 is 0 Å². The lowest BCUT2D eigenvalue weighted by atomic mass is 10.3. The summed E-state index contributed by atoms with van der Waals surface area (Å²) in [5.41, 5.74) is 0. The van der Waals surface area contributed by atoms with Gasteiger partial charge in [-0.3, -0.25) is 0 Å². The van der Waals surface area contributed by atoms with Gasteiger partial charge in [0.25, 0.3) is 0 Å². The first-order valence-corrected chi connectivity index (χ1v) is 5.45. The Hall–Kier alpha value is -1.11. The fraction of sp³-hybridized carbons (Fsp3) is 0.250. The van der Waals surface area contributed by atoms with Crippen molar-refractivity contribution in [2.45, 2.75) is 4.90 Å². The van der Waals surface area contributed by atoms with Crippen LogP contribution in [-0.4, -0.2) is 26.7 Å². The zero-order chi connectivity index (χ0) is 10.6. The predicted molar refractivity (Wildman–Crippen MR) is 50.4 cm³/mol. The molecule has 3 N–H and O–H groups in total. The topological polar surface area (TPSA) is 89.6 Å². The Morgan fingerprint density at radius 1 is 1.43 bits per heavy atom. The Morgan fingerprint density at radius 2 is 2.14 bits per heavy atom. The van der Waals surface area contributed by atoms with Crippen LogP contribution in [0.3, 0.4) is 0 Å². The van der Waals surface area contributed by atoms with Crippen LogP contribution >= 0.6 is 0 Å². The maximum atomic E-state index is 10.9. The minimum Gasteiger partial charge on any atom is -0.491 e. The molecule has 0 heterocycles. The molecule has 0 fully saturated rings. The molecular formula is C8H11NO4S. The molecule has 0 saturated carbocycles. The van der Waals surface area contributed by atoms with Gasteiger partial charge in [0.1, 0.15) is 12.4 Å². The van der Waals surface area contributed by atoms with E-state index in [9.17, 15) is 8.42 Å². The first-order valence-electron chi connectivity index (χ1n) is 3.90. The van der Waals surface area contributed by atoms with Gasteiger partial charge in [0.05, 0.1) is 11.5 Å².